The molecule has 4 aromatic rings. The van der Waals surface area contributed by atoms with E-state index in [-0.39, 0.29) is 17.7 Å². The minimum Gasteiger partial charge on any atom is -0.497 e. The van der Waals surface area contributed by atoms with Gasteiger partial charge in [0.25, 0.3) is 0 Å². The molecule has 0 unspecified atom stereocenters. The second-order valence-electron chi connectivity index (χ2n) is 9.01. The summed E-state index contributed by atoms with van der Waals surface area (Å²) in [6.45, 7) is 0. The van der Waals surface area contributed by atoms with E-state index in [2.05, 4.69) is 77.4 Å². The second-order valence-corrected chi connectivity index (χ2v) is 9.01. The summed E-state index contributed by atoms with van der Waals surface area (Å²) in [5.74, 6) is 1.14. The maximum Gasteiger partial charge on any atom is 0.163 e. The van der Waals surface area contributed by atoms with Gasteiger partial charge in [-0.2, -0.15) is 0 Å². The largest absolute Gasteiger partial charge is 0.497 e. The predicted octanol–water partition coefficient (Wildman–Crippen LogP) is 6.83. The molecule has 2 atom stereocenters. The summed E-state index contributed by atoms with van der Waals surface area (Å²) >= 11 is 0. The normalized spacial score (nSPS) is 19.5. The van der Waals surface area contributed by atoms with E-state index >= 15 is 0 Å². The van der Waals surface area contributed by atoms with Crippen molar-refractivity contribution in [1.82, 2.24) is 0 Å². The molecule has 6 rings (SSSR count). The van der Waals surface area contributed by atoms with Gasteiger partial charge in [0.1, 0.15) is 5.75 Å². The van der Waals surface area contributed by atoms with Gasteiger partial charge in [-0.3, -0.25) is 4.79 Å². The molecule has 0 fully saturated rings. The third-order valence-corrected chi connectivity index (χ3v) is 7.03. The molecular weight excluding hydrogens is 420 g/mol. The van der Waals surface area contributed by atoms with Gasteiger partial charge >= 0.3 is 0 Å². The molecule has 0 bridgehead atoms. The number of carbonyl (C=O) groups is 1. The molecule has 0 saturated heterocycles. The molecule has 2 aliphatic rings. The molecule has 4 nitrogen and oxygen atoms in total. The fourth-order valence-electron chi connectivity index (χ4n) is 5.34. The van der Waals surface area contributed by atoms with Crippen LogP contribution in [-0.4, -0.2) is 12.9 Å². The lowest BCUT2D eigenvalue weighted by atomic mass is 9.78. The molecule has 0 saturated carbocycles. The van der Waals surface area contributed by atoms with Crippen molar-refractivity contribution in [3.63, 3.8) is 0 Å². The first-order valence-electron chi connectivity index (χ1n) is 11.7. The number of ketones is 1. The van der Waals surface area contributed by atoms with Gasteiger partial charge in [-0.15, -0.1) is 0 Å². The number of para-hydroxylation sites is 2. The van der Waals surface area contributed by atoms with E-state index in [1.54, 1.807) is 7.11 Å². The van der Waals surface area contributed by atoms with Crippen LogP contribution in [0.4, 0.5) is 11.4 Å². The number of nitrogens with one attached hydrogen (secondary N) is 2. The van der Waals surface area contributed by atoms with E-state index in [9.17, 15) is 4.79 Å². The molecule has 0 radical (unpaired) electrons. The van der Waals surface area contributed by atoms with Crippen molar-refractivity contribution in [2.45, 2.75) is 24.8 Å². The van der Waals surface area contributed by atoms with Gasteiger partial charge in [-0.25, -0.2) is 0 Å². The maximum absolute atomic E-state index is 13.8. The van der Waals surface area contributed by atoms with Gasteiger partial charge in [0.15, 0.2) is 5.78 Å². The number of allylic oxidation sites excluding steroid dienone is 1. The molecule has 1 aliphatic carbocycles. The Morgan fingerprint density at radius 3 is 2.35 bits per heavy atom. The van der Waals surface area contributed by atoms with Gasteiger partial charge < -0.3 is 15.4 Å². The third-order valence-electron chi connectivity index (χ3n) is 7.03. The third kappa shape index (κ3) is 3.52. The fourth-order valence-corrected chi connectivity index (χ4v) is 5.34. The minimum absolute atomic E-state index is 0.128. The van der Waals surface area contributed by atoms with Crippen molar-refractivity contribution in [2.75, 3.05) is 17.7 Å². The summed E-state index contributed by atoms with van der Waals surface area (Å²) in [5, 5.41) is 9.68. The fraction of sp³-hybridized carbons (Fsp3) is 0.167. The summed E-state index contributed by atoms with van der Waals surface area (Å²) < 4.78 is 5.32. The van der Waals surface area contributed by atoms with Crippen LogP contribution in [0.2, 0.25) is 0 Å². The number of fused-ring (bicyclic) bond motifs is 2. The zero-order valence-electron chi connectivity index (χ0n) is 19.0. The van der Waals surface area contributed by atoms with Crippen LogP contribution in [-0.2, 0) is 4.79 Å². The van der Waals surface area contributed by atoms with Crippen LogP contribution in [0.15, 0.2) is 102 Å². The number of ether oxygens (including phenoxy) is 1. The van der Waals surface area contributed by atoms with Crippen molar-refractivity contribution in [1.29, 1.82) is 0 Å². The molecule has 1 heterocycles. The van der Waals surface area contributed by atoms with Gasteiger partial charge in [-0.1, -0.05) is 66.7 Å². The van der Waals surface area contributed by atoms with Gasteiger partial charge in [0.05, 0.1) is 24.5 Å². The smallest absolute Gasteiger partial charge is 0.163 e. The van der Waals surface area contributed by atoms with Gasteiger partial charge in [0, 0.05) is 17.7 Å². The second kappa shape index (κ2) is 8.38. The van der Waals surface area contributed by atoms with E-state index in [0.29, 0.717) is 6.42 Å². The quantitative estimate of drug-likeness (QED) is 0.362. The van der Waals surface area contributed by atoms with E-state index < -0.39 is 0 Å². The molecule has 2 N–H and O–H groups in total. The average Bonchev–Trinajstić information content (AvgIpc) is 3.05. The van der Waals surface area contributed by atoms with Crippen LogP contribution in [0.1, 0.15) is 35.9 Å². The zero-order valence-corrected chi connectivity index (χ0v) is 19.0. The Kier molecular flexibility index (Phi) is 5.06. The standard InChI is InChI=1S/C30H26N2O2/c1-34-22-15-13-19(14-16-22)21-17-27-29(28(33)18-21)30(32-26-12-5-4-11-25(26)31-27)24-10-6-8-20-7-2-3-9-23(20)24/h2-16,21,30-32H,17-18H2,1H3/t21-,30-/m0/s1. The monoisotopic (exact) mass is 446 g/mol. The Morgan fingerprint density at radius 2 is 1.53 bits per heavy atom. The van der Waals surface area contributed by atoms with Crippen molar-refractivity contribution < 1.29 is 9.53 Å². The summed E-state index contributed by atoms with van der Waals surface area (Å²) in [6, 6.07) is 30.8. The number of benzene rings is 4. The molecule has 168 valence electrons. The lowest BCUT2D eigenvalue weighted by Gasteiger charge is -2.30. The summed E-state index contributed by atoms with van der Waals surface area (Å²) in [6.07, 6.45) is 1.27. The Morgan fingerprint density at radius 1 is 0.794 bits per heavy atom. The van der Waals surface area contributed by atoms with E-state index in [4.69, 9.17) is 4.74 Å². The highest BCUT2D eigenvalue weighted by atomic mass is 16.5. The topological polar surface area (TPSA) is 50.4 Å². The molecule has 0 spiro atoms. The number of rotatable bonds is 3. The average molecular weight is 447 g/mol. The first kappa shape index (κ1) is 20.5. The molecule has 34 heavy (non-hydrogen) atoms. The first-order chi connectivity index (χ1) is 16.7. The lowest BCUT2D eigenvalue weighted by Crippen LogP contribution is -2.27. The first-order valence-corrected chi connectivity index (χ1v) is 11.7. The van der Waals surface area contributed by atoms with Crippen LogP contribution in [0.5, 0.6) is 5.75 Å². The molecule has 4 aromatic carbocycles. The maximum atomic E-state index is 13.8. The number of carbonyl (C=O) groups excluding carboxylic acids is 1. The van der Waals surface area contributed by atoms with Gasteiger partial charge in [-0.05, 0) is 58.5 Å². The summed E-state index contributed by atoms with van der Waals surface area (Å²) in [4.78, 5) is 13.8. The number of hydrogen-bond donors (Lipinski definition) is 2. The zero-order chi connectivity index (χ0) is 23.1. The van der Waals surface area contributed by atoms with Crippen molar-refractivity contribution in [3.8, 4) is 5.75 Å². The highest BCUT2D eigenvalue weighted by Crippen LogP contribution is 2.45. The van der Waals surface area contributed by atoms with Gasteiger partial charge in [0.2, 0.25) is 0 Å². The van der Waals surface area contributed by atoms with Crippen molar-refractivity contribution in [2.24, 2.45) is 0 Å². The number of Topliss-reactive ketones (excluding diaryl/α,β-unsaturated/α-hetero) is 1. The van der Waals surface area contributed by atoms with Crippen LogP contribution < -0.4 is 15.4 Å². The number of methoxy groups -OCH3 is 1. The molecule has 1 aliphatic heterocycles. The lowest BCUT2D eigenvalue weighted by molar-refractivity contribution is -0.116. The predicted molar refractivity (Wildman–Crippen MR) is 137 cm³/mol. The number of hydrogen-bond acceptors (Lipinski definition) is 4. The van der Waals surface area contributed by atoms with Crippen LogP contribution in [0, 0.1) is 0 Å². The Labute approximate surface area is 199 Å². The molecular formula is C30H26N2O2. The highest BCUT2D eigenvalue weighted by Gasteiger charge is 2.36. The molecule has 0 aromatic heterocycles. The van der Waals surface area contributed by atoms with Crippen molar-refractivity contribution >= 4 is 27.9 Å². The Hall–Kier alpha value is -4.05. The van der Waals surface area contributed by atoms with Crippen LogP contribution in [0.25, 0.3) is 10.8 Å². The Balaban J connectivity index is 1.48. The van der Waals surface area contributed by atoms with Crippen LogP contribution >= 0.6 is 0 Å². The van der Waals surface area contributed by atoms with Crippen LogP contribution in [0.3, 0.4) is 0 Å². The highest BCUT2D eigenvalue weighted by molar-refractivity contribution is 6.02. The minimum atomic E-state index is -0.221. The van der Waals surface area contributed by atoms with Crippen molar-refractivity contribution in [3.05, 3.63) is 113 Å². The Bertz CT molecular complexity index is 1420. The van der Waals surface area contributed by atoms with E-state index in [1.165, 1.54) is 10.8 Å². The molecule has 4 heteroatoms. The summed E-state index contributed by atoms with van der Waals surface area (Å²) in [7, 11) is 1.67. The van der Waals surface area contributed by atoms with E-state index in [1.807, 2.05) is 24.3 Å². The van der Waals surface area contributed by atoms with E-state index in [0.717, 1.165) is 45.9 Å². The molecule has 0 amide bonds. The summed E-state index contributed by atoms with van der Waals surface area (Å²) in [5.41, 5.74) is 6.14. The SMILES string of the molecule is COc1ccc([C@@H]2CC(=O)C3=C(C2)Nc2ccccc2N[C@H]3c2cccc3ccccc23)cc1. The number of anilines is 2.